The lowest BCUT2D eigenvalue weighted by Gasteiger charge is -2.26. The maximum Gasteiger partial charge on any atom is 0.416 e. The van der Waals surface area contributed by atoms with Crippen LogP contribution in [0.25, 0.3) is 10.2 Å². The standard InChI is InChI=1S/C19H20F3N3OS/c1-11-14-9-15(27-17(14)25(4)24-11)16(26)23-10-18(2,3)12-6-5-7-13(8-12)19(20,21)22/h5-9H,10H2,1-4H3,(H,23,26). The Balaban J connectivity index is 1.76. The van der Waals surface area contributed by atoms with Crippen LogP contribution in [0.4, 0.5) is 13.2 Å². The number of aryl methyl sites for hydroxylation is 2. The predicted molar refractivity (Wildman–Crippen MR) is 100 cm³/mol. The summed E-state index contributed by atoms with van der Waals surface area (Å²) in [5.41, 5.74) is 0.0402. The molecule has 0 unspecified atom stereocenters. The molecule has 0 aliphatic rings. The van der Waals surface area contributed by atoms with Gasteiger partial charge in [0.05, 0.1) is 16.1 Å². The van der Waals surface area contributed by atoms with Crippen molar-refractivity contribution in [1.29, 1.82) is 0 Å². The molecule has 0 saturated heterocycles. The fourth-order valence-electron chi connectivity index (χ4n) is 2.92. The van der Waals surface area contributed by atoms with E-state index in [2.05, 4.69) is 10.4 Å². The number of carbonyl (C=O) groups excluding carboxylic acids is 1. The molecule has 1 N–H and O–H groups in total. The topological polar surface area (TPSA) is 46.9 Å². The number of hydrogen-bond donors (Lipinski definition) is 1. The lowest BCUT2D eigenvalue weighted by Crippen LogP contribution is -2.36. The van der Waals surface area contributed by atoms with Crippen LogP contribution in [-0.4, -0.2) is 22.2 Å². The Morgan fingerprint density at radius 1 is 1.22 bits per heavy atom. The molecule has 3 rings (SSSR count). The van der Waals surface area contributed by atoms with E-state index in [0.29, 0.717) is 10.4 Å². The minimum Gasteiger partial charge on any atom is -0.350 e. The van der Waals surface area contributed by atoms with Gasteiger partial charge in [0.2, 0.25) is 0 Å². The molecule has 2 heterocycles. The number of benzene rings is 1. The molecule has 0 spiro atoms. The highest BCUT2D eigenvalue weighted by molar-refractivity contribution is 7.20. The molecule has 0 fully saturated rings. The summed E-state index contributed by atoms with van der Waals surface area (Å²) in [6, 6.07) is 7.03. The molecule has 0 aliphatic carbocycles. The van der Waals surface area contributed by atoms with Gasteiger partial charge in [-0.25, -0.2) is 0 Å². The summed E-state index contributed by atoms with van der Waals surface area (Å²) in [4.78, 5) is 14.0. The molecule has 4 nitrogen and oxygen atoms in total. The number of hydrogen-bond acceptors (Lipinski definition) is 3. The van der Waals surface area contributed by atoms with Gasteiger partial charge >= 0.3 is 6.18 Å². The zero-order valence-corrected chi connectivity index (χ0v) is 16.3. The second-order valence-electron chi connectivity index (χ2n) is 7.18. The van der Waals surface area contributed by atoms with Gasteiger partial charge in [-0.1, -0.05) is 32.0 Å². The Labute approximate surface area is 159 Å². The van der Waals surface area contributed by atoms with E-state index in [1.165, 1.54) is 17.4 Å². The number of nitrogens with one attached hydrogen (secondary N) is 1. The zero-order valence-electron chi connectivity index (χ0n) is 15.4. The molecule has 0 radical (unpaired) electrons. The SMILES string of the molecule is Cc1nn(C)c2sc(C(=O)NCC(C)(C)c3cccc(C(F)(F)F)c3)cc12. The normalized spacial score (nSPS) is 12.6. The summed E-state index contributed by atoms with van der Waals surface area (Å²) in [6.45, 7) is 5.72. The Kier molecular flexibility index (Phi) is 4.80. The van der Waals surface area contributed by atoms with Crippen molar-refractivity contribution in [1.82, 2.24) is 15.1 Å². The number of fused-ring (bicyclic) bond motifs is 1. The highest BCUT2D eigenvalue weighted by atomic mass is 32.1. The van der Waals surface area contributed by atoms with Gasteiger partial charge in [0.1, 0.15) is 4.83 Å². The highest BCUT2D eigenvalue weighted by Gasteiger charge is 2.32. The van der Waals surface area contributed by atoms with Crippen LogP contribution in [-0.2, 0) is 18.6 Å². The third kappa shape index (κ3) is 3.85. The number of halogens is 3. The Hall–Kier alpha value is -2.35. The molecule has 144 valence electrons. The van der Waals surface area contributed by atoms with Crippen molar-refractivity contribution in [3.63, 3.8) is 0 Å². The first-order chi connectivity index (χ1) is 12.5. The van der Waals surface area contributed by atoms with E-state index in [9.17, 15) is 18.0 Å². The second kappa shape index (κ2) is 6.67. The average molecular weight is 395 g/mol. The van der Waals surface area contributed by atoms with Crippen molar-refractivity contribution >= 4 is 27.5 Å². The van der Waals surface area contributed by atoms with Crippen molar-refractivity contribution in [2.24, 2.45) is 7.05 Å². The van der Waals surface area contributed by atoms with Crippen LogP contribution >= 0.6 is 11.3 Å². The summed E-state index contributed by atoms with van der Waals surface area (Å²) >= 11 is 1.34. The fourth-order valence-corrected chi connectivity index (χ4v) is 3.96. The van der Waals surface area contributed by atoms with Crippen LogP contribution in [0.1, 0.15) is 40.3 Å². The molecule has 2 aromatic heterocycles. The van der Waals surface area contributed by atoms with Gasteiger partial charge in [-0.05, 0) is 24.6 Å². The van der Waals surface area contributed by atoms with Gasteiger partial charge < -0.3 is 5.32 Å². The smallest absolute Gasteiger partial charge is 0.350 e. The molecule has 0 atom stereocenters. The van der Waals surface area contributed by atoms with E-state index in [1.807, 2.05) is 27.8 Å². The Bertz CT molecular complexity index is 967. The molecule has 0 saturated carbocycles. The van der Waals surface area contributed by atoms with Gasteiger partial charge in [-0.15, -0.1) is 11.3 Å². The number of nitrogens with zero attached hydrogens (tertiary/aromatic N) is 2. The number of alkyl halides is 3. The molecule has 3 aromatic rings. The first kappa shape index (κ1) is 19.4. The zero-order chi connectivity index (χ0) is 20.0. The molecule has 0 bridgehead atoms. The first-order valence-electron chi connectivity index (χ1n) is 8.38. The number of amides is 1. The third-order valence-corrected chi connectivity index (χ3v) is 5.78. The predicted octanol–water partition coefficient (Wildman–Crippen LogP) is 4.67. The monoisotopic (exact) mass is 395 g/mol. The molecular formula is C19H20F3N3OS. The third-order valence-electron chi connectivity index (χ3n) is 4.58. The number of thiophene rings is 1. The van der Waals surface area contributed by atoms with Gasteiger partial charge in [0.15, 0.2) is 0 Å². The van der Waals surface area contributed by atoms with E-state index >= 15 is 0 Å². The molecule has 1 amide bonds. The Morgan fingerprint density at radius 2 is 1.89 bits per heavy atom. The fraction of sp³-hybridized carbons (Fsp3) is 0.368. The summed E-state index contributed by atoms with van der Waals surface area (Å²) in [5, 5.41) is 8.09. The highest BCUT2D eigenvalue weighted by Crippen LogP contribution is 2.33. The second-order valence-corrected chi connectivity index (χ2v) is 8.21. The number of aromatic nitrogens is 2. The van der Waals surface area contributed by atoms with Gasteiger partial charge in [0, 0.05) is 24.4 Å². The van der Waals surface area contributed by atoms with E-state index in [0.717, 1.165) is 28.0 Å². The van der Waals surface area contributed by atoms with E-state index in [1.54, 1.807) is 16.8 Å². The lowest BCUT2D eigenvalue weighted by atomic mass is 9.83. The van der Waals surface area contributed by atoms with Gasteiger partial charge in [-0.2, -0.15) is 18.3 Å². The van der Waals surface area contributed by atoms with Gasteiger partial charge in [0.25, 0.3) is 5.91 Å². The van der Waals surface area contributed by atoms with Crippen molar-refractivity contribution in [3.8, 4) is 0 Å². The largest absolute Gasteiger partial charge is 0.416 e. The van der Waals surface area contributed by atoms with Crippen molar-refractivity contribution in [3.05, 3.63) is 52.0 Å². The van der Waals surface area contributed by atoms with Crippen LogP contribution in [0.3, 0.4) is 0 Å². The summed E-state index contributed by atoms with van der Waals surface area (Å²) < 4.78 is 40.6. The molecule has 8 heteroatoms. The molecule has 1 aromatic carbocycles. The minimum absolute atomic E-state index is 0.221. The van der Waals surface area contributed by atoms with E-state index in [-0.39, 0.29) is 12.5 Å². The van der Waals surface area contributed by atoms with E-state index < -0.39 is 17.2 Å². The van der Waals surface area contributed by atoms with Crippen LogP contribution in [0.5, 0.6) is 0 Å². The van der Waals surface area contributed by atoms with Crippen molar-refractivity contribution in [2.75, 3.05) is 6.54 Å². The van der Waals surface area contributed by atoms with Crippen LogP contribution < -0.4 is 5.32 Å². The number of carbonyl (C=O) groups is 1. The molecule has 0 aliphatic heterocycles. The van der Waals surface area contributed by atoms with Crippen LogP contribution in [0.2, 0.25) is 0 Å². The van der Waals surface area contributed by atoms with Crippen molar-refractivity contribution < 1.29 is 18.0 Å². The van der Waals surface area contributed by atoms with Crippen molar-refractivity contribution in [2.45, 2.75) is 32.4 Å². The maximum atomic E-state index is 13.0. The summed E-state index contributed by atoms with van der Waals surface area (Å²) in [5.74, 6) is -0.240. The van der Waals surface area contributed by atoms with Crippen LogP contribution in [0.15, 0.2) is 30.3 Å². The number of rotatable bonds is 4. The molecular weight excluding hydrogens is 375 g/mol. The Morgan fingerprint density at radius 3 is 2.52 bits per heavy atom. The van der Waals surface area contributed by atoms with Crippen LogP contribution in [0, 0.1) is 6.92 Å². The quantitative estimate of drug-likeness (QED) is 0.698. The maximum absolute atomic E-state index is 13.0. The molecule has 27 heavy (non-hydrogen) atoms. The first-order valence-corrected chi connectivity index (χ1v) is 9.20. The average Bonchev–Trinajstić information content (AvgIpc) is 3.14. The summed E-state index contributed by atoms with van der Waals surface area (Å²) in [7, 11) is 1.82. The summed E-state index contributed by atoms with van der Waals surface area (Å²) in [6.07, 6.45) is -4.39. The van der Waals surface area contributed by atoms with Gasteiger partial charge in [-0.3, -0.25) is 9.48 Å². The van der Waals surface area contributed by atoms with E-state index in [4.69, 9.17) is 0 Å². The minimum atomic E-state index is -4.39. The lowest BCUT2D eigenvalue weighted by molar-refractivity contribution is -0.137.